The van der Waals surface area contributed by atoms with E-state index in [1.807, 2.05) is 34.3 Å². The van der Waals surface area contributed by atoms with Crippen LogP contribution in [-0.2, 0) is 0 Å². The lowest BCUT2D eigenvalue weighted by atomic mass is 10.1. The van der Waals surface area contributed by atoms with Crippen LogP contribution in [0.25, 0.3) is 26.9 Å². The van der Waals surface area contributed by atoms with Crippen molar-refractivity contribution in [2.75, 3.05) is 0 Å². The Bertz CT molecular complexity index is 935. The van der Waals surface area contributed by atoms with Gasteiger partial charge < -0.3 is 0 Å². The molecule has 0 N–H and O–H groups in total. The predicted molar refractivity (Wildman–Crippen MR) is 84.3 cm³/mol. The van der Waals surface area contributed by atoms with Crippen LogP contribution < -0.4 is 0 Å². The van der Waals surface area contributed by atoms with Gasteiger partial charge in [-0.1, -0.05) is 12.1 Å². The van der Waals surface area contributed by atoms with E-state index in [2.05, 4.69) is 9.97 Å². The highest BCUT2D eigenvalue weighted by Crippen LogP contribution is 2.33. The highest BCUT2D eigenvalue weighted by atomic mass is 32.1. The van der Waals surface area contributed by atoms with Gasteiger partial charge in [-0.05, 0) is 19.1 Å². The molecule has 3 nitrogen and oxygen atoms in total. The number of rotatable bonds is 2. The first kappa shape index (κ1) is 12.7. The largest absolute Gasteiger partial charge is 0.288 e. The molecule has 0 atom stereocenters. The smallest absolute Gasteiger partial charge is 0.194 e. The molecule has 0 fully saturated rings. The zero-order chi connectivity index (χ0) is 14.4. The highest BCUT2D eigenvalue weighted by molar-refractivity contribution is 7.15. The van der Waals surface area contributed by atoms with E-state index in [1.165, 1.54) is 17.4 Å². The van der Waals surface area contributed by atoms with Crippen molar-refractivity contribution < 1.29 is 4.39 Å². The Morgan fingerprint density at radius 2 is 2.00 bits per heavy atom. The van der Waals surface area contributed by atoms with Crippen molar-refractivity contribution in [3.05, 3.63) is 52.7 Å². The minimum absolute atomic E-state index is 0.250. The molecule has 4 rings (SSSR count). The molecule has 104 valence electrons. The molecule has 0 aliphatic carbocycles. The monoisotopic (exact) mass is 315 g/mol. The molecule has 0 amide bonds. The molecule has 0 aliphatic heterocycles. The van der Waals surface area contributed by atoms with Crippen molar-refractivity contribution in [3.8, 4) is 22.0 Å². The van der Waals surface area contributed by atoms with E-state index < -0.39 is 0 Å². The Kier molecular flexibility index (Phi) is 2.87. The summed E-state index contributed by atoms with van der Waals surface area (Å²) in [5.41, 5.74) is 3.12. The van der Waals surface area contributed by atoms with Crippen molar-refractivity contribution in [1.82, 2.24) is 14.4 Å². The fourth-order valence-electron chi connectivity index (χ4n) is 2.33. The van der Waals surface area contributed by atoms with Crippen LogP contribution in [-0.4, -0.2) is 14.4 Å². The standard InChI is InChI=1S/C15H10FN3S2/c1-9-13(19-6-7-20-15(19)17-9)14-18-12(8-21-14)10-4-2-3-5-11(10)16/h2-8H,1H3. The summed E-state index contributed by atoms with van der Waals surface area (Å²) >= 11 is 3.10. The number of halogens is 1. The van der Waals surface area contributed by atoms with Crippen molar-refractivity contribution in [1.29, 1.82) is 0 Å². The topological polar surface area (TPSA) is 30.2 Å². The van der Waals surface area contributed by atoms with Crippen molar-refractivity contribution >= 4 is 27.6 Å². The van der Waals surface area contributed by atoms with E-state index in [-0.39, 0.29) is 5.82 Å². The third kappa shape index (κ3) is 1.99. The van der Waals surface area contributed by atoms with Gasteiger partial charge in [-0.15, -0.1) is 22.7 Å². The molecule has 21 heavy (non-hydrogen) atoms. The van der Waals surface area contributed by atoms with Crippen LogP contribution in [0.2, 0.25) is 0 Å². The maximum atomic E-state index is 13.9. The van der Waals surface area contributed by atoms with E-state index in [0.29, 0.717) is 11.3 Å². The van der Waals surface area contributed by atoms with Crippen LogP contribution in [0.5, 0.6) is 0 Å². The molecule has 0 aliphatic rings. The Morgan fingerprint density at radius 3 is 2.86 bits per heavy atom. The normalized spacial score (nSPS) is 11.3. The Hall–Kier alpha value is -2.05. The number of aromatic nitrogens is 3. The summed E-state index contributed by atoms with van der Waals surface area (Å²) in [6.07, 6.45) is 1.99. The third-order valence-corrected chi connectivity index (χ3v) is 4.90. The zero-order valence-corrected chi connectivity index (χ0v) is 12.7. The average Bonchev–Trinajstić information content (AvgIpc) is 3.15. The van der Waals surface area contributed by atoms with Crippen LogP contribution >= 0.6 is 22.7 Å². The zero-order valence-electron chi connectivity index (χ0n) is 11.1. The van der Waals surface area contributed by atoms with E-state index in [9.17, 15) is 4.39 Å². The van der Waals surface area contributed by atoms with Gasteiger partial charge in [0.1, 0.15) is 16.5 Å². The van der Waals surface area contributed by atoms with Crippen LogP contribution in [0.4, 0.5) is 4.39 Å². The van der Waals surface area contributed by atoms with Gasteiger partial charge in [0.05, 0.1) is 11.4 Å². The molecule has 0 unspecified atom stereocenters. The number of benzene rings is 1. The summed E-state index contributed by atoms with van der Waals surface area (Å²) in [6, 6.07) is 6.70. The number of thiazole rings is 2. The molecular weight excluding hydrogens is 305 g/mol. The van der Waals surface area contributed by atoms with Gasteiger partial charge in [-0.25, -0.2) is 14.4 Å². The summed E-state index contributed by atoms with van der Waals surface area (Å²) in [5, 5.41) is 4.74. The molecule has 0 spiro atoms. The molecule has 3 heterocycles. The molecular formula is C15H10FN3S2. The Morgan fingerprint density at radius 1 is 1.14 bits per heavy atom. The maximum Gasteiger partial charge on any atom is 0.194 e. The lowest BCUT2D eigenvalue weighted by molar-refractivity contribution is 0.631. The molecule has 0 bridgehead atoms. The SMILES string of the molecule is Cc1nc2sccn2c1-c1nc(-c2ccccc2F)cs1. The molecule has 3 aromatic heterocycles. The average molecular weight is 315 g/mol. The van der Waals surface area contributed by atoms with E-state index in [0.717, 1.165) is 21.4 Å². The molecule has 4 aromatic rings. The van der Waals surface area contributed by atoms with Crippen LogP contribution in [0.15, 0.2) is 41.2 Å². The van der Waals surface area contributed by atoms with Gasteiger partial charge >= 0.3 is 0 Å². The first-order valence-electron chi connectivity index (χ1n) is 6.37. The molecule has 0 saturated carbocycles. The summed E-state index contributed by atoms with van der Waals surface area (Å²) in [4.78, 5) is 10.1. The molecule has 0 saturated heterocycles. The van der Waals surface area contributed by atoms with Gasteiger partial charge in [0, 0.05) is 22.5 Å². The second-order valence-corrected chi connectivity index (χ2v) is 6.35. The number of hydrogen-bond donors (Lipinski definition) is 0. The highest BCUT2D eigenvalue weighted by Gasteiger charge is 2.16. The molecule has 0 radical (unpaired) electrons. The maximum absolute atomic E-state index is 13.9. The van der Waals surface area contributed by atoms with Gasteiger partial charge in [0.25, 0.3) is 0 Å². The second-order valence-electron chi connectivity index (χ2n) is 4.62. The summed E-state index contributed by atoms with van der Waals surface area (Å²) in [6.45, 7) is 1.97. The van der Waals surface area contributed by atoms with Gasteiger partial charge in [0.15, 0.2) is 4.96 Å². The predicted octanol–water partition coefficient (Wildman–Crippen LogP) is 4.63. The van der Waals surface area contributed by atoms with Crippen molar-refractivity contribution in [2.24, 2.45) is 0 Å². The summed E-state index contributed by atoms with van der Waals surface area (Å²) < 4.78 is 15.9. The summed E-state index contributed by atoms with van der Waals surface area (Å²) in [5.74, 6) is -0.250. The van der Waals surface area contributed by atoms with Crippen LogP contribution in [0.1, 0.15) is 5.69 Å². The molecule has 6 heteroatoms. The summed E-state index contributed by atoms with van der Waals surface area (Å²) in [7, 11) is 0. The van der Waals surface area contributed by atoms with E-state index in [4.69, 9.17) is 0 Å². The van der Waals surface area contributed by atoms with E-state index >= 15 is 0 Å². The number of hydrogen-bond acceptors (Lipinski definition) is 4. The minimum Gasteiger partial charge on any atom is -0.288 e. The second kappa shape index (κ2) is 4.75. The fraction of sp³-hybridized carbons (Fsp3) is 0.0667. The van der Waals surface area contributed by atoms with Crippen LogP contribution in [0.3, 0.4) is 0 Å². The number of fused-ring (bicyclic) bond motifs is 1. The van der Waals surface area contributed by atoms with Gasteiger partial charge in [-0.3, -0.25) is 4.40 Å². The lowest BCUT2D eigenvalue weighted by Crippen LogP contribution is -1.87. The number of aryl methyl sites for hydroxylation is 1. The molecule has 1 aromatic carbocycles. The number of imidazole rings is 1. The van der Waals surface area contributed by atoms with Gasteiger partial charge in [-0.2, -0.15) is 0 Å². The van der Waals surface area contributed by atoms with Gasteiger partial charge in [0.2, 0.25) is 0 Å². The van der Waals surface area contributed by atoms with Crippen LogP contribution in [0, 0.1) is 12.7 Å². The number of nitrogens with zero attached hydrogens (tertiary/aromatic N) is 3. The van der Waals surface area contributed by atoms with Crippen molar-refractivity contribution in [3.63, 3.8) is 0 Å². The lowest BCUT2D eigenvalue weighted by Gasteiger charge is -1.98. The third-order valence-electron chi connectivity index (χ3n) is 3.29. The Balaban J connectivity index is 1.87. The van der Waals surface area contributed by atoms with Crippen molar-refractivity contribution in [2.45, 2.75) is 6.92 Å². The first-order valence-corrected chi connectivity index (χ1v) is 8.13. The minimum atomic E-state index is -0.250. The fourth-order valence-corrected chi connectivity index (χ4v) is 4.00. The quantitative estimate of drug-likeness (QED) is 0.540. The first-order chi connectivity index (χ1) is 10.2. The van der Waals surface area contributed by atoms with E-state index in [1.54, 1.807) is 23.5 Å². The Labute approximate surface area is 128 Å².